The van der Waals surface area contributed by atoms with Gasteiger partial charge in [-0.25, -0.2) is 9.78 Å². The van der Waals surface area contributed by atoms with Crippen LogP contribution in [-0.4, -0.2) is 30.8 Å². The number of aromatic nitrogens is 1. The van der Waals surface area contributed by atoms with Crippen molar-refractivity contribution in [2.24, 2.45) is 0 Å². The number of ether oxygens (including phenoxy) is 2. The summed E-state index contributed by atoms with van der Waals surface area (Å²) < 4.78 is 11.0. The van der Waals surface area contributed by atoms with Crippen molar-refractivity contribution in [2.75, 3.05) is 19.8 Å². The van der Waals surface area contributed by atoms with E-state index in [1.165, 1.54) is 0 Å². The monoisotopic (exact) mass is 319 g/mol. The third-order valence-electron chi connectivity index (χ3n) is 3.21. The molecule has 0 spiro atoms. The van der Waals surface area contributed by atoms with Gasteiger partial charge < -0.3 is 20.1 Å². The predicted molar refractivity (Wildman–Crippen MR) is 83.5 cm³/mol. The van der Waals surface area contributed by atoms with Crippen LogP contribution in [-0.2, 0) is 13.0 Å². The van der Waals surface area contributed by atoms with Crippen LogP contribution in [0.2, 0.25) is 0 Å². The lowest BCUT2D eigenvalue weighted by Crippen LogP contribution is -2.36. The molecule has 2 aromatic rings. The van der Waals surface area contributed by atoms with Crippen LogP contribution in [0.1, 0.15) is 11.3 Å². The van der Waals surface area contributed by atoms with E-state index in [4.69, 9.17) is 9.47 Å². The number of thiazole rings is 1. The Bertz CT molecular complexity index is 631. The average Bonchev–Trinajstić information content (AvgIpc) is 3.06. The van der Waals surface area contributed by atoms with Crippen molar-refractivity contribution < 1.29 is 14.3 Å². The van der Waals surface area contributed by atoms with E-state index in [-0.39, 0.29) is 6.03 Å². The first-order valence-electron chi connectivity index (χ1n) is 7.08. The third kappa shape index (κ3) is 3.88. The highest BCUT2D eigenvalue weighted by Crippen LogP contribution is 2.30. The first-order valence-corrected chi connectivity index (χ1v) is 8.03. The summed E-state index contributed by atoms with van der Waals surface area (Å²) in [5, 5.41) is 7.61. The van der Waals surface area contributed by atoms with Gasteiger partial charge in [0.25, 0.3) is 0 Å². The lowest BCUT2D eigenvalue weighted by Gasteiger charge is -2.19. The van der Waals surface area contributed by atoms with Crippen LogP contribution in [0.3, 0.4) is 0 Å². The van der Waals surface area contributed by atoms with Crippen LogP contribution in [0.25, 0.3) is 0 Å². The fourth-order valence-electron chi connectivity index (χ4n) is 2.11. The Labute approximate surface area is 132 Å². The van der Waals surface area contributed by atoms with E-state index < -0.39 is 0 Å². The lowest BCUT2D eigenvalue weighted by atomic mass is 10.2. The highest BCUT2D eigenvalue weighted by molar-refractivity contribution is 7.07. The molecule has 0 fully saturated rings. The van der Waals surface area contributed by atoms with E-state index in [1.807, 2.05) is 23.6 Å². The van der Waals surface area contributed by atoms with Gasteiger partial charge in [0.15, 0.2) is 11.5 Å². The van der Waals surface area contributed by atoms with Gasteiger partial charge >= 0.3 is 6.03 Å². The molecule has 3 rings (SSSR count). The molecule has 1 aromatic heterocycles. The second kappa shape index (κ2) is 7.13. The van der Waals surface area contributed by atoms with E-state index in [0.29, 0.717) is 26.3 Å². The summed E-state index contributed by atoms with van der Waals surface area (Å²) in [6, 6.07) is 5.49. The highest BCUT2D eigenvalue weighted by Gasteiger charge is 2.11. The Hall–Kier alpha value is -2.28. The summed E-state index contributed by atoms with van der Waals surface area (Å²) >= 11 is 1.56. The summed E-state index contributed by atoms with van der Waals surface area (Å²) in [6.07, 6.45) is 0.737. The third-order valence-corrected chi connectivity index (χ3v) is 3.85. The second-order valence-electron chi connectivity index (χ2n) is 4.82. The van der Waals surface area contributed by atoms with Crippen LogP contribution in [0.15, 0.2) is 29.1 Å². The maximum atomic E-state index is 11.7. The smallest absolute Gasteiger partial charge is 0.315 e. The van der Waals surface area contributed by atoms with E-state index in [1.54, 1.807) is 16.8 Å². The maximum Gasteiger partial charge on any atom is 0.315 e. The molecule has 1 aliphatic heterocycles. The van der Waals surface area contributed by atoms with E-state index in [2.05, 4.69) is 15.6 Å². The number of hydrogen-bond donors (Lipinski definition) is 2. The molecule has 0 saturated heterocycles. The summed E-state index contributed by atoms with van der Waals surface area (Å²) in [5.41, 5.74) is 3.76. The van der Waals surface area contributed by atoms with Crippen LogP contribution >= 0.6 is 11.3 Å². The average molecular weight is 319 g/mol. The normalized spacial score (nSPS) is 12.7. The first kappa shape index (κ1) is 14.6. The lowest BCUT2D eigenvalue weighted by molar-refractivity contribution is 0.171. The van der Waals surface area contributed by atoms with Gasteiger partial charge in [0.1, 0.15) is 13.2 Å². The fourth-order valence-corrected chi connectivity index (χ4v) is 2.70. The SMILES string of the molecule is O=C(NCCc1cscn1)NCc1ccc2c(c1)OCCO2. The summed E-state index contributed by atoms with van der Waals surface area (Å²) in [7, 11) is 0. The van der Waals surface area contributed by atoms with Gasteiger partial charge in [0.2, 0.25) is 0 Å². The zero-order valence-electron chi connectivity index (χ0n) is 12.0. The maximum absolute atomic E-state index is 11.7. The zero-order valence-corrected chi connectivity index (χ0v) is 12.8. The van der Waals surface area contributed by atoms with Crippen molar-refractivity contribution in [3.8, 4) is 11.5 Å². The molecule has 0 atom stereocenters. The second-order valence-corrected chi connectivity index (χ2v) is 5.54. The number of carbonyl (C=O) groups is 1. The van der Waals surface area contributed by atoms with Crippen molar-refractivity contribution in [3.63, 3.8) is 0 Å². The number of hydrogen-bond acceptors (Lipinski definition) is 5. The van der Waals surface area contributed by atoms with E-state index >= 15 is 0 Å². The van der Waals surface area contributed by atoms with Gasteiger partial charge in [0, 0.05) is 24.9 Å². The van der Waals surface area contributed by atoms with Crippen LogP contribution in [0, 0.1) is 0 Å². The van der Waals surface area contributed by atoms with Crippen molar-refractivity contribution in [2.45, 2.75) is 13.0 Å². The molecule has 0 saturated carbocycles. The number of nitrogens with one attached hydrogen (secondary N) is 2. The minimum absolute atomic E-state index is 0.190. The van der Waals surface area contributed by atoms with E-state index in [0.717, 1.165) is 29.2 Å². The summed E-state index contributed by atoms with van der Waals surface area (Å²) in [4.78, 5) is 15.9. The van der Waals surface area contributed by atoms with Crippen LogP contribution < -0.4 is 20.1 Å². The minimum Gasteiger partial charge on any atom is -0.486 e. The van der Waals surface area contributed by atoms with Crippen molar-refractivity contribution in [1.29, 1.82) is 0 Å². The summed E-state index contributed by atoms with van der Waals surface area (Å²) in [5.74, 6) is 1.48. The highest BCUT2D eigenvalue weighted by atomic mass is 32.1. The Balaban J connectivity index is 1.42. The summed E-state index contributed by atoms with van der Waals surface area (Å²) in [6.45, 7) is 2.14. The van der Waals surface area contributed by atoms with Gasteiger partial charge in [-0.05, 0) is 17.7 Å². The number of rotatable bonds is 5. The zero-order chi connectivity index (χ0) is 15.2. The number of urea groups is 1. The van der Waals surface area contributed by atoms with Gasteiger partial charge in [-0.2, -0.15) is 0 Å². The predicted octanol–water partition coefficient (Wildman–Crippen LogP) is 1.96. The fraction of sp³-hybridized carbons (Fsp3) is 0.333. The first-order chi connectivity index (χ1) is 10.8. The molecule has 1 aliphatic rings. The molecule has 22 heavy (non-hydrogen) atoms. The molecule has 1 aromatic carbocycles. The number of carbonyl (C=O) groups excluding carboxylic acids is 1. The van der Waals surface area contributed by atoms with Gasteiger partial charge in [-0.3, -0.25) is 0 Å². The quantitative estimate of drug-likeness (QED) is 0.883. The molecule has 2 heterocycles. The molecule has 0 aliphatic carbocycles. The molecule has 6 nitrogen and oxygen atoms in total. The number of amides is 2. The van der Waals surface area contributed by atoms with Crippen molar-refractivity contribution in [3.05, 3.63) is 40.3 Å². The van der Waals surface area contributed by atoms with Crippen molar-refractivity contribution in [1.82, 2.24) is 15.6 Å². The van der Waals surface area contributed by atoms with Gasteiger partial charge in [-0.15, -0.1) is 11.3 Å². The van der Waals surface area contributed by atoms with Gasteiger partial charge in [0.05, 0.1) is 11.2 Å². The molecular formula is C15H17N3O3S. The molecule has 116 valence electrons. The number of fused-ring (bicyclic) bond motifs is 1. The topological polar surface area (TPSA) is 72.5 Å². The Morgan fingerprint density at radius 1 is 1.23 bits per heavy atom. The van der Waals surface area contributed by atoms with Crippen molar-refractivity contribution >= 4 is 17.4 Å². The number of benzene rings is 1. The van der Waals surface area contributed by atoms with E-state index in [9.17, 15) is 4.79 Å². The van der Waals surface area contributed by atoms with Gasteiger partial charge in [-0.1, -0.05) is 6.07 Å². The molecule has 0 bridgehead atoms. The Morgan fingerprint density at radius 3 is 2.91 bits per heavy atom. The molecule has 2 N–H and O–H groups in total. The Morgan fingerprint density at radius 2 is 2.09 bits per heavy atom. The molecule has 0 radical (unpaired) electrons. The molecule has 2 amide bonds. The Kier molecular flexibility index (Phi) is 4.75. The standard InChI is InChI=1S/C15H17N3O3S/c19-15(16-4-3-12-9-22-10-18-12)17-8-11-1-2-13-14(7-11)21-6-5-20-13/h1-2,7,9-10H,3-6,8H2,(H2,16,17,19). The molecular weight excluding hydrogens is 302 g/mol. The molecule has 0 unspecified atom stereocenters. The van der Waals surface area contributed by atoms with Crippen LogP contribution in [0.4, 0.5) is 4.79 Å². The van der Waals surface area contributed by atoms with Crippen LogP contribution in [0.5, 0.6) is 11.5 Å². The minimum atomic E-state index is -0.190. The largest absolute Gasteiger partial charge is 0.486 e. The number of nitrogens with zero attached hydrogens (tertiary/aromatic N) is 1. The molecule has 7 heteroatoms.